The Morgan fingerprint density at radius 2 is 1.71 bits per heavy atom. The van der Waals surface area contributed by atoms with Crippen molar-refractivity contribution in [3.63, 3.8) is 0 Å². The summed E-state index contributed by atoms with van der Waals surface area (Å²) in [6, 6.07) is 5.78. The second-order valence-corrected chi connectivity index (χ2v) is 8.17. The number of benzene rings is 1. The van der Waals surface area contributed by atoms with E-state index in [1.165, 1.54) is 24.3 Å². The van der Waals surface area contributed by atoms with Crippen LogP contribution in [0.4, 0.5) is 0 Å². The molecule has 6 heteroatoms. The van der Waals surface area contributed by atoms with Crippen LogP contribution in [0, 0.1) is 0 Å². The topological polar surface area (TPSA) is 51.2 Å². The standard InChI is InChI=1S/C11H12BrClO3S/c1-7(2)17(15,16)9-5-3-8(4-6-9)10(14)11(12)13/h3-7,11H,1-2H3. The number of carbonyl (C=O) groups excluding carboxylic acids is 1. The molecule has 3 nitrogen and oxygen atoms in total. The molecule has 0 fully saturated rings. The molecule has 0 spiro atoms. The summed E-state index contributed by atoms with van der Waals surface area (Å²) in [6.45, 7) is 3.23. The Kier molecular flexibility index (Phi) is 4.75. The van der Waals surface area contributed by atoms with Gasteiger partial charge in [0.25, 0.3) is 0 Å². The Balaban J connectivity index is 3.09. The molecule has 0 aliphatic heterocycles. The van der Waals surface area contributed by atoms with E-state index in [4.69, 9.17) is 11.6 Å². The summed E-state index contributed by atoms with van der Waals surface area (Å²) >= 11 is 8.55. The molecule has 0 aliphatic carbocycles. The van der Waals surface area contributed by atoms with Crippen LogP contribution in [0.3, 0.4) is 0 Å². The minimum Gasteiger partial charge on any atom is -0.292 e. The van der Waals surface area contributed by atoms with Gasteiger partial charge in [-0.15, -0.1) is 11.6 Å². The minimum atomic E-state index is -3.30. The van der Waals surface area contributed by atoms with Crippen LogP contribution in [0.1, 0.15) is 24.2 Å². The minimum absolute atomic E-state index is 0.213. The Hall–Kier alpha value is -0.390. The van der Waals surface area contributed by atoms with Crippen molar-refractivity contribution < 1.29 is 13.2 Å². The normalized spacial score (nSPS) is 13.7. The summed E-state index contributed by atoms with van der Waals surface area (Å²) in [5.41, 5.74) is 0.379. The van der Waals surface area contributed by atoms with Gasteiger partial charge >= 0.3 is 0 Å². The van der Waals surface area contributed by atoms with Crippen LogP contribution in [-0.2, 0) is 9.84 Å². The van der Waals surface area contributed by atoms with E-state index < -0.39 is 19.4 Å². The van der Waals surface area contributed by atoms with Crippen LogP contribution in [0.15, 0.2) is 29.2 Å². The quantitative estimate of drug-likeness (QED) is 0.626. The molecule has 17 heavy (non-hydrogen) atoms. The largest absolute Gasteiger partial charge is 0.292 e. The van der Waals surface area contributed by atoms with Gasteiger partial charge in [-0.25, -0.2) is 8.42 Å². The Labute approximate surface area is 114 Å². The van der Waals surface area contributed by atoms with Gasteiger partial charge in [0.2, 0.25) is 0 Å². The molecule has 0 bridgehead atoms. The summed E-state index contributed by atoms with van der Waals surface area (Å²) in [6.07, 6.45) is 0. The first-order chi connectivity index (χ1) is 7.76. The van der Waals surface area contributed by atoms with Gasteiger partial charge in [-0.2, -0.15) is 0 Å². The number of rotatable bonds is 4. The van der Waals surface area contributed by atoms with Crippen LogP contribution in [0.25, 0.3) is 0 Å². The summed E-state index contributed by atoms with van der Waals surface area (Å²) in [5, 5.41) is -0.485. The predicted molar refractivity (Wildman–Crippen MR) is 71.7 cm³/mol. The summed E-state index contributed by atoms with van der Waals surface area (Å²) in [5.74, 6) is -0.292. The molecular weight excluding hydrogens is 328 g/mol. The molecule has 1 rings (SSSR count). The lowest BCUT2D eigenvalue weighted by Crippen LogP contribution is -2.14. The smallest absolute Gasteiger partial charge is 0.191 e. The molecule has 1 aromatic rings. The molecule has 0 aliphatic rings. The highest BCUT2D eigenvalue weighted by Crippen LogP contribution is 2.19. The van der Waals surface area contributed by atoms with Gasteiger partial charge in [0.1, 0.15) is 0 Å². The average Bonchev–Trinajstić information content (AvgIpc) is 2.27. The van der Waals surface area contributed by atoms with E-state index >= 15 is 0 Å². The fourth-order valence-corrected chi connectivity index (χ4v) is 2.66. The first-order valence-corrected chi connectivity index (χ1v) is 7.83. The van der Waals surface area contributed by atoms with Gasteiger partial charge in [-0.3, -0.25) is 4.79 Å². The maximum Gasteiger partial charge on any atom is 0.191 e. The zero-order chi connectivity index (χ0) is 13.2. The molecule has 0 aromatic heterocycles. The first-order valence-electron chi connectivity index (χ1n) is 4.93. The van der Waals surface area contributed by atoms with Crippen LogP contribution >= 0.6 is 27.5 Å². The number of sulfone groups is 1. The number of carbonyl (C=O) groups is 1. The molecule has 0 heterocycles. The molecule has 94 valence electrons. The zero-order valence-electron chi connectivity index (χ0n) is 9.35. The van der Waals surface area contributed by atoms with E-state index in [0.717, 1.165) is 0 Å². The maximum absolute atomic E-state index is 11.8. The molecule has 0 amide bonds. The number of halogens is 2. The number of ketones is 1. The van der Waals surface area contributed by atoms with E-state index in [1.54, 1.807) is 13.8 Å². The summed E-state index contributed by atoms with van der Waals surface area (Å²) < 4.78 is 22.9. The number of hydrogen-bond acceptors (Lipinski definition) is 3. The molecular formula is C11H12BrClO3S. The number of hydrogen-bond donors (Lipinski definition) is 0. The highest BCUT2D eigenvalue weighted by Gasteiger charge is 2.20. The second-order valence-electron chi connectivity index (χ2n) is 3.78. The van der Waals surface area contributed by atoms with Crippen LogP contribution in [0.5, 0.6) is 0 Å². The lowest BCUT2D eigenvalue weighted by atomic mass is 10.1. The zero-order valence-corrected chi connectivity index (χ0v) is 12.5. The lowest BCUT2D eigenvalue weighted by Gasteiger charge is -2.08. The van der Waals surface area contributed by atoms with Crippen molar-refractivity contribution in [2.75, 3.05) is 0 Å². The predicted octanol–water partition coefficient (Wildman–Crippen LogP) is 3.01. The van der Waals surface area contributed by atoms with Crippen molar-refractivity contribution >= 4 is 43.2 Å². The van der Waals surface area contributed by atoms with Crippen molar-refractivity contribution in [1.29, 1.82) is 0 Å². The van der Waals surface area contributed by atoms with Gasteiger partial charge in [-0.1, -0.05) is 28.1 Å². The van der Waals surface area contributed by atoms with Gasteiger partial charge < -0.3 is 0 Å². The Bertz CT molecular complexity index is 506. The fraction of sp³-hybridized carbons (Fsp3) is 0.364. The second kappa shape index (κ2) is 5.50. The molecule has 1 unspecified atom stereocenters. The van der Waals surface area contributed by atoms with Crippen LogP contribution in [-0.4, -0.2) is 23.7 Å². The number of Topliss-reactive ketones (excluding diaryl/α,β-unsaturated/α-hetero) is 1. The highest BCUT2D eigenvalue weighted by molar-refractivity contribution is 9.10. The van der Waals surface area contributed by atoms with Crippen molar-refractivity contribution in [2.45, 2.75) is 28.3 Å². The summed E-state index contributed by atoms with van der Waals surface area (Å²) in [4.78, 5) is 11.7. The van der Waals surface area contributed by atoms with Crippen molar-refractivity contribution in [3.05, 3.63) is 29.8 Å². The van der Waals surface area contributed by atoms with Crippen molar-refractivity contribution in [3.8, 4) is 0 Å². The molecule has 0 radical (unpaired) electrons. The van der Waals surface area contributed by atoms with E-state index in [2.05, 4.69) is 15.9 Å². The van der Waals surface area contributed by atoms with Gasteiger partial charge in [0.05, 0.1) is 10.1 Å². The number of alkyl halides is 2. The fourth-order valence-electron chi connectivity index (χ4n) is 1.21. The first kappa shape index (κ1) is 14.7. The van der Waals surface area contributed by atoms with E-state index in [1.807, 2.05) is 0 Å². The van der Waals surface area contributed by atoms with Gasteiger partial charge in [0.15, 0.2) is 19.9 Å². The third kappa shape index (κ3) is 3.30. The third-order valence-electron chi connectivity index (χ3n) is 2.29. The molecule has 1 aromatic carbocycles. The van der Waals surface area contributed by atoms with Crippen LogP contribution < -0.4 is 0 Å². The van der Waals surface area contributed by atoms with Crippen LogP contribution in [0.2, 0.25) is 0 Å². The Morgan fingerprint density at radius 1 is 1.24 bits per heavy atom. The monoisotopic (exact) mass is 338 g/mol. The molecule has 0 saturated carbocycles. The molecule has 0 saturated heterocycles. The van der Waals surface area contributed by atoms with E-state index in [9.17, 15) is 13.2 Å². The average molecular weight is 340 g/mol. The third-order valence-corrected chi connectivity index (χ3v) is 5.07. The molecule has 0 N–H and O–H groups in total. The van der Waals surface area contributed by atoms with Crippen molar-refractivity contribution in [1.82, 2.24) is 0 Å². The lowest BCUT2D eigenvalue weighted by molar-refractivity contribution is 0.101. The SMILES string of the molecule is CC(C)S(=O)(=O)c1ccc(C(=O)C(Cl)Br)cc1. The maximum atomic E-state index is 11.8. The van der Waals surface area contributed by atoms with Gasteiger partial charge in [0, 0.05) is 5.56 Å². The molecule has 1 atom stereocenters. The van der Waals surface area contributed by atoms with E-state index in [0.29, 0.717) is 5.56 Å². The summed E-state index contributed by atoms with van der Waals surface area (Å²) in [7, 11) is -3.30. The van der Waals surface area contributed by atoms with Crippen molar-refractivity contribution in [2.24, 2.45) is 0 Å². The highest BCUT2D eigenvalue weighted by atomic mass is 79.9. The van der Waals surface area contributed by atoms with Gasteiger partial charge in [-0.05, 0) is 26.0 Å². The Morgan fingerprint density at radius 3 is 2.06 bits per heavy atom. The van der Waals surface area contributed by atoms with E-state index in [-0.39, 0.29) is 10.7 Å².